The van der Waals surface area contributed by atoms with Crippen LogP contribution in [0.5, 0.6) is 0 Å². The molecule has 0 saturated carbocycles. The highest BCUT2D eigenvalue weighted by molar-refractivity contribution is 6.98. The summed E-state index contributed by atoms with van der Waals surface area (Å²) in [7, 11) is -2.26. The fraction of sp³-hybridized carbons (Fsp3) is 0.348. The van der Waals surface area contributed by atoms with Gasteiger partial charge < -0.3 is 18.9 Å². The molecule has 1 unspecified atom stereocenters. The van der Waals surface area contributed by atoms with Gasteiger partial charge in [-0.15, -0.1) is 0 Å². The smallest absolute Gasteiger partial charge is 0.338 e. The van der Waals surface area contributed by atoms with Crippen molar-refractivity contribution in [3.8, 4) is 0 Å². The standard InChI is InChI=1S/C46H52O8Si/c1-8-51-42(47)33-17-15-31(16-18-33)30-46(37-26-23-35(24-27-37)44(49)53-10-3)39-29-36(45(50)54-11-4)25-28-38(39)41(55(12-5,13-6)14-7)40(46)32-19-21-34(22-20-32)43(48)52-9-2/h15-29H,8-14,30H2,1-7H3. The van der Waals surface area contributed by atoms with Crippen molar-refractivity contribution in [2.45, 2.75) is 78.4 Å². The van der Waals surface area contributed by atoms with Crippen LogP contribution in [0.2, 0.25) is 18.1 Å². The highest BCUT2D eigenvalue weighted by atomic mass is 28.3. The number of hydrogen-bond donors (Lipinski definition) is 0. The summed E-state index contributed by atoms with van der Waals surface area (Å²) in [4.78, 5) is 52.0. The van der Waals surface area contributed by atoms with E-state index in [-0.39, 0.29) is 32.4 Å². The molecule has 0 aromatic heterocycles. The minimum atomic E-state index is -2.26. The molecule has 0 aliphatic heterocycles. The van der Waals surface area contributed by atoms with Crippen molar-refractivity contribution < 1.29 is 38.1 Å². The lowest BCUT2D eigenvalue weighted by atomic mass is 9.66. The molecule has 55 heavy (non-hydrogen) atoms. The van der Waals surface area contributed by atoms with E-state index in [1.165, 1.54) is 5.20 Å². The number of ether oxygens (including phenoxy) is 4. The Balaban J connectivity index is 1.93. The van der Waals surface area contributed by atoms with Crippen LogP contribution in [0.15, 0.2) is 91.0 Å². The predicted molar refractivity (Wildman–Crippen MR) is 218 cm³/mol. The second-order valence-corrected chi connectivity index (χ2v) is 18.8. The van der Waals surface area contributed by atoms with Gasteiger partial charge in [0, 0.05) is 0 Å². The normalized spacial score (nSPS) is 15.0. The summed E-state index contributed by atoms with van der Waals surface area (Å²) in [5, 5.41) is 1.31. The number of carbonyl (C=O) groups is 4. The van der Waals surface area contributed by atoms with Gasteiger partial charge >= 0.3 is 23.9 Å². The van der Waals surface area contributed by atoms with E-state index in [4.69, 9.17) is 18.9 Å². The molecule has 0 spiro atoms. The van der Waals surface area contributed by atoms with Crippen LogP contribution in [-0.2, 0) is 30.8 Å². The van der Waals surface area contributed by atoms with Crippen LogP contribution in [0.1, 0.15) is 118 Å². The molecule has 0 heterocycles. The third-order valence-corrected chi connectivity index (χ3v) is 16.6. The van der Waals surface area contributed by atoms with Gasteiger partial charge in [0.15, 0.2) is 0 Å². The highest BCUT2D eigenvalue weighted by Crippen LogP contribution is 2.60. The molecule has 0 fully saturated rings. The van der Waals surface area contributed by atoms with Crippen molar-refractivity contribution in [2.24, 2.45) is 0 Å². The van der Waals surface area contributed by atoms with Crippen LogP contribution in [0, 0.1) is 0 Å². The fourth-order valence-electron chi connectivity index (χ4n) is 8.12. The van der Waals surface area contributed by atoms with E-state index in [0.717, 1.165) is 51.5 Å². The first kappa shape index (κ1) is 40.9. The quantitative estimate of drug-likeness (QED) is 0.0632. The molecule has 1 aliphatic carbocycles. The van der Waals surface area contributed by atoms with Crippen molar-refractivity contribution in [3.63, 3.8) is 0 Å². The zero-order valence-corrected chi connectivity index (χ0v) is 34.1. The molecule has 5 rings (SSSR count). The average Bonchev–Trinajstić information content (AvgIpc) is 3.50. The molecule has 0 N–H and O–H groups in total. The zero-order valence-electron chi connectivity index (χ0n) is 33.1. The van der Waals surface area contributed by atoms with E-state index in [2.05, 4.69) is 26.8 Å². The molecule has 9 heteroatoms. The molecular weight excluding hydrogens is 709 g/mol. The van der Waals surface area contributed by atoms with Crippen molar-refractivity contribution >= 4 is 42.7 Å². The molecule has 0 bridgehead atoms. The Morgan fingerprint density at radius 2 is 0.909 bits per heavy atom. The second kappa shape index (κ2) is 17.9. The lowest BCUT2D eigenvalue weighted by molar-refractivity contribution is 0.0516. The summed E-state index contributed by atoms with van der Waals surface area (Å²) in [5.41, 5.74) is 6.87. The molecule has 1 atom stereocenters. The van der Waals surface area contributed by atoms with Crippen molar-refractivity contribution in [2.75, 3.05) is 26.4 Å². The largest absolute Gasteiger partial charge is 0.462 e. The first-order valence-corrected chi connectivity index (χ1v) is 22.1. The van der Waals surface area contributed by atoms with Crippen molar-refractivity contribution in [1.29, 1.82) is 0 Å². The van der Waals surface area contributed by atoms with Gasteiger partial charge in [0.05, 0.1) is 62.2 Å². The molecule has 0 saturated heterocycles. The SMILES string of the molecule is CCOC(=O)c1ccc(CC2(c3ccc(C(=O)OCC)cc3)C(c3ccc(C(=O)OCC)cc3)=C([Si](CC)(CC)CC)c3ccc(C(=O)OCC)cc32)cc1. The van der Waals surface area contributed by atoms with Gasteiger partial charge in [0.1, 0.15) is 0 Å². The maximum atomic E-state index is 13.5. The Morgan fingerprint density at radius 1 is 0.509 bits per heavy atom. The van der Waals surface area contributed by atoms with Gasteiger partial charge in [-0.1, -0.05) is 81.4 Å². The Hall–Kier alpha value is -5.28. The summed E-state index contributed by atoms with van der Waals surface area (Å²) >= 11 is 0. The number of esters is 4. The molecular formula is C46H52O8Si. The van der Waals surface area contributed by atoms with Crippen LogP contribution in [0.25, 0.3) is 10.8 Å². The first-order valence-electron chi connectivity index (χ1n) is 19.5. The summed E-state index contributed by atoms with van der Waals surface area (Å²) in [6.45, 7) is 15.0. The van der Waals surface area contributed by atoms with Gasteiger partial charge in [0.25, 0.3) is 0 Å². The van der Waals surface area contributed by atoms with Crippen LogP contribution in [0.3, 0.4) is 0 Å². The molecule has 4 aromatic rings. The summed E-state index contributed by atoms with van der Waals surface area (Å²) in [5.74, 6) is -1.60. The first-order chi connectivity index (χ1) is 26.6. The number of allylic oxidation sites excluding steroid dienone is 1. The number of hydrogen-bond acceptors (Lipinski definition) is 8. The van der Waals surface area contributed by atoms with E-state index in [9.17, 15) is 19.2 Å². The van der Waals surface area contributed by atoms with Crippen LogP contribution in [-0.4, -0.2) is 58.4 Å². The zero-order chi connectivity index (χ0) is 39.8. The van der Waals surface area contributed by atoms with Gasteiger partial charge in [-0.2, -0.15) is 0 Å². The Morgan fingerprint density at radius 3 is 1.35 bits per heavy atom. The minimum Gasteiger partial charge on any atom is -0.462 e. The Labute approximate surface area is 325 Å². The van der Waals surface area contributed by atoms with E-state index in [1.54, 1.807) is 52.0 Å². The van der Waals surface area contributed by atoms with Gasteiger partial charge in [0.2, 0.25) is 0 Å². The highest BCUT2D eigenvalue weighted by Gasteiger charge is 2.51. The van der Waals surface area contributed by atoms with Gasteiger partial charge in [-0.3, -0.25) is 0 Å². The number of rotatable bonds is 16. The molecule has 1 aliphatic rings. The minimum absolute atomic E-state index is 0.238. The summed E-state index contributed by atoms with van der Waals surface area (Å²) in [6.07, 6.45) is 0.453. The lowest BCUT2D eigenvalue weighted by Gasteiger charge is -2.38. The second-order valence-electron chi connectivity index (χ2n) is 13.7. The van der Waals surface area contributed by atoms with E-state index in [0.29, 0.717) is 28.7 Å². The maximum absolute atomic E-state index is 13.5. The number of fused-ring (bicyclic) bond motifs is 1. The summed E-state index contributed by atoms with van der Waals surface area (Å²) in [6, 6.07) is 31.6. The molecule has 0 radical (unpaired) electrons. The summed E-state index contributed by atoms with van der Waals surface area (Å²) < 4.78 is 21.5. The topological polar surface area (TPSA) is 105 Å². The molecule has 0 amide bonds. The Bertz CT molecular complexity index is 2030. The van der Waals surface area contributed by atoms with Crippen LogP contribution in [0.4, 0.5) is 0 Å². The average molecular weight is 761 g/mol. The maximum Gasteiger partial charge on any atom is 0.338 e. The predicted octanol–water partition coefficient (Wildman–Crippen LogP) is 9.89. The van der Waals surface area contributed by atoms with Crippen molar-refractivity contribution in [1.82, 2.24) is 0 Å². The third kappa shape index (κ3) is 7.94. The molecule has 4 aromatic carbocycles. The monoisotopic (exact) mass is 760 g/mol. The third-order valence-electron chi connectivity index (χ3n) is 11.0. The number of carbonyl (C=O) groups excluding carboxylic acids is 4. The molecule has 8 nitrogen and oxygen atoms in total. The van der Waals surface area contributed by atoms with Crippen LogP contribution >= 0.6 is 0 Å². The lowest BCUT2D eigenvalue weighted by Crippen LogP contribution is -2.35. The van der Waals surface area contributed by atoms with E-state index >= 15 is 0 Å². The Kier molecular flexibility index (Phi) is 13.3. The fourth-order valence-corrected chi connectivity index (χ4v) is 12.4. The molecule has 288 valence electrons. The van der Waals surface area contributed by atoms with Crippen LogP contribution < -0.4 is 0 Å². The van der Waals surface area contributed by atoms with Gasteiger partial charge in [-0.05, 0) is 121 Å². The van der Waals surface area contributed by atoms with Gasteiger partial charge in [-0.25, -0.2) is 19.2 Å². The number of benzene rings is 4. The van der Waals surface area contributed by atoms with E-state index in [1.807, 2.05) is 60.7 Å². The van der Waals surface area contributed by atoms with Crippen molar-refractivity contribution in [3.05, 3.63) is 141 Å². The van der Waals surface area contributed by atoms with E-state index < -0.39 is 31.4 Å².